The van der Waals surface area contributed by atoms with Crippen molar-refractivity contribution in [2.24, 2.45) is 0 Å². The van der Waals surface area contributed by atoms with Gasteiger partial charge < -0.3 is 15.1 Å². The van der Waals surface area contributed by atoms with Crippen LogP contribution in [-0.2, 0) is 9.59 Å². The molecule has 0 aromatic heterocycles. The van der Waals surface area contributed by atoms with Gasteiger partial charge >= 0.3 is 0 Å². The first-order valence-corrected chi connectivity index (χ1v) is 4.92. The Bertz CT molecular complexity index is 261. The van der Waals surface area contributed by atoms with Gasteiger partial charge in [-0.3, -0.25) is 9.59 Å². The summed E-state index contributed by atoms with van der Waals surface area (Å²) in [5.41, 5.74) is 0. The molecule has 5 nitrogen and oxygen atoms in total. The monoisotopic (exact) mass is 197 g/mol. The van der Waals surface area contributed by atoms with Crippen LogP contribution in [0.25, 0.3) is 0 Å². The zero-order valence-electron chi connectivity index (χ0n) is 8.32. The third-order valence-electron chi connectivity index (χ3n) is 2.90. The number of hydrogen-bond acceptors (Lipinski definition) is 3. The zero-order chi connectivity index (χ0) is 10.1. The number of nitrogens with one attached hydrogen (secondary N) is 1. The Morgan fingerprint density at radius 2 is 2.07 bits per heavy atom. The molecule has 0 radical (unpaired) electrons. The van der Waals surface area contributed by atoms with Crippen LogP contribution in [-0.4, -0.2) is 60.9 Å². The smallest absolute Gasteiger partial charge is 0.242 e. The van der Waals surface area contributed by atoms with Crippen molar-refractivity contribution in [2.45, 2.75) is 12.5 Å². The first-order valence-electron chi connectivity index (χ1n) is 4.92. The predicted molar refractivity (Wildman–Crippen MR) is 50.6 cm³/mol. The summed E-state index contributed by atoms with van der Waals surface area (Å²) in [7, 11) is 1.67. The van der Waals surface area contributed by atoms with E-state index in [0.717, 1.165) is 19.5 Å². The molecular formula is C9H15N3O2. The fraction of sp³-hybridized carbons (Fsp3) is 0.778. The third kappa shape index (κ3) is 1.59. The van der Waals surface area contributed by atoms with E-state index in [0.29, 0.717) is 0 Å². The van der Waals surface area contributed by atoms with Crippen molar-refractivity contribution < 1.29 is 9.59 Å². The molecule has 0 bridgehead atoms. The molecule has 1 N–H and O–H groups in total. The standard InChI is InChI=1S/C9H15N3O2/c1-11-5-9(14)12(6-8(11)13)7-2-3-10-4-7/h7,10H,2-6H2,1H3. The maximum atomic E-state index is 11.6. The summed E-state index contributed by atoms with van der Waals surface area (Å²) < 4.78 is 0. The van der Waals surface area contributed by atoms with Crippen molar-refractivity contribution in [3.63, 3.8) is 0 Å². The predicted octanol–water partition coefficient (Wildman–Crippen LogP) is -1.35. The topological polar surface area (TPSA) is 52.7 Å². The molecule has 2 aliphatic rings. The van der Waals surface area contributed by atoms with Crippen LogP contribution in [0.2, 0.25) is 0 Å². The van der Waals surface area contributed by atoms with Crippen LogP contribution in [0.15, 0.2) is 0 Å². The Kier molecular flexibility index (Phi) is 2.41. The second-order valence-corrected chi connectivity index (χ2v) is 3.92. The minimum absolute atomic E-state index is 0.0384. The lowest BCUT2D eigenvalue weighted by molar-refractivity contribution is -0.150. The van der Waals surface area contributed by atoms with Crippen LogP contribution in [0.5, 0.6) is 0 Å². The van der Waals surface area contributed by atoms with Gasteiger partial charge in [0.25, 0.3) is 0 Å². The van der Waals surface area contributed by atoms with E-state index < -0.39 is 0 Å². The average Bonchev–Trinajstić information content (AvgIpc) is 2.64. The first-order chi connectivity index (χ1) is 6.68. The molecule has 5 heteroatoms. The zero-order valence-corrected chi connectivity index (χ0v) is 8.32. The van der Waals surface area contributed by atoms with Crippen molar-refractivity contribution in [3.05, 3.63) is 0 Å². The summed E-state index contributed by atoms with van der Waals surface area (Å²) in [4.78, 5) is 26.3. The highest BCUT2D eigenvalue weighted by molar-refractivity contribution is 5.92. The van der Waals surface area contributed by atoms with Gasteiger partial charge in [0.05, 0.1) is 6.54 Å². The Balaban J connectivity index is 2.04. The lowest BCUT2D eigenvalue weighted by atomic mass is 10.2. The van der Waals surface area contributed by atoms with Crippen molar-refractivity contribution >= 4 is 11.8 Å². The quantitative estimate of drug-likeness (QED) is 0.565. The van der Waals surface area contributed by atoms with Gasteiger partial charge in [-0.1, -0.05) is 0 Å². The van der Waals surface area contributed by atoms with E-state index in [2.05, 4.69) is 5.32 Å². The van der Waals surface area contributed by atoms with E-state index in [9.17, 15) is 9.59 Å². The Morgan fingerprint density at radius 3 is 2.71 bits per heavy atom. The fourth-order valence-electron chi connectivity index (χ4n) is 1.97. The van der Waals surface area contributed by atoms with Gasteiger partial charge in [-0.05, 0) is 13.0 Å². The molecule has 2 heterocycles. The Hall–Kier alpha value is -1.10. The summed E-state index contributed by atoms with van der Waals surface area (Å²) in [6.07, 6.45) is 0.961. The van der Waals surface area contributed by atoms with E-state index in [-0.39, 0.29) is 30.9 Å². The second-order valence-electron chi connectivity index (χ2n) is 3.92. The van der Waals surface area contributed by atoms with Crippen molar-refractivity contribution in [1.29, 1.82) is 0 Å². The molecule has 2 rings (SSSR count). The number of carbonyl (C=O) groups excluding carboxylic acids is 2. The summed E-state index contributed by atoms with van der Waals surface area (Å²) in [6, 6.07) is 0.222. The molecule has 0 spiro atoms. The number of piperazine rings is 1. The van der Waals surface area contributed by atoms with E-state index in [1.54, 1.807) is 11.9 Å². The normalized spacial score (nSPS) is 28.8. The largest absolute Gasteiger partial charge is 0.335 e. The molecule has 0 aromatic carbocycles. The van der Waals surface area contributed by atoms with Gasteiger partial charge in [-0.2, -0.15) is 0 Å². The Morgan fingerprint density at radius 1 is 1.29 bits per heavy atom. The van der Waals surface area contributed by atoms with Gasteiger partial charge in [-0.15, -0.1) is 0 Å². The minimum Gasteiger partial charge on any atom is -0.335 e. The number of amides is 2. The number of carbonyl (C=O) groups is 2. The summed E-state index contributed by atoms with van der Waals surface area (Å²) in [6.45, 7) is 2.25. The van der Waals surface area contributed by atoms with Crippen LogP contribution in [0.3, 0.4) is 0 Å². The SMILES string of the molecule is CN1CC(=O)N(C2CCNC2)CC1=O. The molecule has 2 amide bonds. The van der Waals surface area contributed by atoms with Crippen LogP contribution < -0.4 is 5.32 Å². The highest BCUT2D eigenvalue weighted by Gasteiger charge is 2.33. The van der Waals surface area contributed by atoms with Crippen LogP contribution >= 0.6 is 0 Å². The van der Waals surface area contributed by atoms with Crippen LogP contribution in [0.4, 0.5) is 0 Å². The van der Waals surface area contributed by atoms with Gasteiger partial charge in [0, 0.05) is 19.6 Å². The van der Waals surface area contributed by atoms with Crippen molar-refractivity contribution in [2.75, 3.05) is 33.2 Å². The molecular weight excluding hydrogens is 182 g/mol. The van der Waals surface area contributed by atoms with Gasteiger partial charge in [-0.25, -0.2) is 0 Å². The fourth-order valence-corrected chi connectivity index (χ4v) is 1.97. The van der Waals surface area contributed by atoms with E-state index in [4.69, 9.17) is 0 Å². The van der Waals surface area contributed by atoms with Gasteiger partial charge in [0.15, 0.2) is 0 Å². The highest BCUT2D eigenvalue weighted by atomic mass is 16.2. The number of nitrogens with zero attached hydrogens (tertiary/aromatic N) is 2. The maximum absolute atomic E-state index is 11.6. The third-order valence-corrected chi connectivity index (χ3v) is 2.90. The molecule has 1 unspecified atom stereocenters. The number of likely N-dealkylation sites (N-methyl/N-ethyl adjacent to an activating group) is 1. The van der Waals surface area contributed by atoms with Crippen LogP contribution in [0, 0.1) is 0 Å². The van der Waals surface area contributed by atoms with E-state index in [1.165, 1.54) is 4.90 Å². The number of rotatable bonds is 1. The van der Waals surface area contributed by atoms with Crippen molar-refractivity contribution in [3.8, 4) is 0 Å². The van der Waals surface area contributed by atoms with Crippen molar-refractivity contribution in [1.82, 2.24) is 15.1 Å². The molecule has 2 saturated heterocycles. The molecule has 14 heavy (non-hydrogen) atoms. The molecule has 0 saturated carbocycles. The van der Waals surface area contributed by atoms with E-state index >= 15 is 0 Å². The molecule has 78 valence electrons. The molecule has 1 atom stereocenters. The molecule has 2 aliphatic heterocycles. The lowest BCUT2D eigenvalue weighted by Gasteiger charge is -2.35. The number of hydrogen-bond donors (Lipinski definition) is 1. The van der Waals surface area contributed by atoms with Gasteiger partial charge in [0.1, 0.15) is 6.54 Å². The molecule has 0 aliphatic carbocycles. The summed E-state index contributed by atoms with van der Waals surface area (Å²) >= 11 is 0. The first kappa shape index (κ1) is 9.45. The second kappa shape index (κ2) is 3.57. The average molecular weight is 197 g/mol. The molecule has 0 aromatic rings. The Labute approximate surface area is 83.0 Å². The van der Waals surface area contributed by atoms with Gasteiger partial charge in [0.2, 0.25) is 11.8 Å². The lowest BCUT2D eigenvalue weighted by Crippen LogP contribution is -2.56. The highest BCUT2D eigenvalue weighted by Crippen LogP contribution is 2.12. The van der Waals surface area contributed by atoms with E-state index in [1.807, 2.05) is 0 Å². The summed E-state index contributed by atoms with van der Waals surface area (Å²) in [5, 5.41) is 3.20. The summed E-state index contributed by atoms with van der Waals surface area (Å²) in [5.74, 6) is 0.109. The maximum Gasteiger partial charge on any atom is 0.242 e. The van der Waals surface area contributed by atoms with Crippen LogP contribution in [0.1, 0.15) is 6.42 Å². The molecule has 2 fully saturated rings. The minimum atomic E-state index is 0.0384.